The van der Waals surface area contributed by atoms with E-state index in [0.717, 1.165) is 5.56 Å². The predicted octanol–water partition coefficient (Wildman–Crippen LogP) is 2.36. The SMILES string of the molecule is COCCCNC(=O)[C@H](NC(=O)c1ccc(OC)cc1)C1CCN(S(=O)(=O)c2ccc(C)cc2)CC1. The van der Waals surface area contributed by atoms with E-state index >= 15 is 0 Å². The quantitative estimate of drug-likeness (QED) is 0.443. The molecule has 0 radical (unpaired) electrons. The van der Waals surface area contributed by atoms with Crippen LogP contribution in [0.4, 0.5) is 0 Å². The standard InChI is InChI=1S/C26H35N3O6S/c1-19-5-11-23(12-6-19)36(32,33)29-16-13-20(14-17-29)24(26(31)27-15-4-18-34-2)28-25(30)21-7-9-22(35-3)10-8-21/h5-12,20,24H,4,13-18H2,1-3H3,(H,27,31)(H,28,30)/t24-/m1/s1. The van der Waals surface area contributed by atoms with E-state index in [1.165, 1.54) is 4.31 Å². The largest absolute Gasteiger partial charge is 0.497 e. The van der Waals surface area contributed by atoms with Crippen molar-refractivity contribution >= 4 is 21.8 Å². The number of sulfonamides is 1. The van der Waals surface area contributed by atoms with E-state index in [2.05, 4.69) is 10.6 Å². The summed E-state index contributed by atoms with van der Waals surface area (Å²) in [5, 5.41) is 5.76. The molecule has 0 saturated carbocycles. The average molecular weight is 518 g/mol. The lowest BCUT2D eigenvalue weighted by Crippen LogP contribution is -2.54. The number of ether oxygens (including phenoxy) is 2. The van der Waals surface area contributed by atoms with Crippen LogP contribution in [0.3, 0.4) is 0 Å². The maximum absolute atomic E-state index is 13.1. The molecule has 1 heterocycles. The van der Waals surface area contributed by atoms with E-state index in [1.54, 1.807) is 62.8 Å². The molecule has 0 spiro atoms. The number of methoxy groups -OCH3 is 2. The van der Waals surface area contributed by atoms with Crippen molar-refractivity contribution in [2.75, 3.05) is 40.5 Å². The summed E-state index contributed by atoms with van der Waals surface area (Å²) >= 11 is 0. The average Bonchev–Trinajstić information content (AvgIpc) is 2.90. The van der Waals surface area contributed by atoms with Crippen LogP contribution in [-0.4, -0.2) is 71.0 Å². The Balaban J connectivity index is 1.70. The number of amides is 2. The van der Waals surface area contributed by atoms with E-state index in [-0.39, 0.29) is 35.7 Å². The number of benzene rings is 2. The van der Waals surface area contributed by atoms with E-state index < -0.39 is 16.1 Å². The molecule has 2 aromatic carbocycles. The van der Waals surface area contributed by atoms with Gasteiger partial charge in [-0.3, -0.25) is 9.59 Å². The van der Waals surface area contributed by atoms with Gasteiger partial charge in [-0.05, 0) is 68.5 Å². The second kappa shape index (κ2) is 12.8. The van der Waals surface area contributed by atoms with Crippen molar-refractivity contribution in [1.82, 2.24) is 14.9 Å². The Morgan fingerprint density at radius 1 is 1.03 bits per heavy atom. The first-order valence-corrected chi connectivity index (χ1v) is 13.5. The van der Waals surface area contributed by atoms with E-state index in [1.807, 2.05) is 6.92 Å². The minimum absolute atomic E-state index is 0.209. The topological polar surface area (TPSA) is 114 Å². The highest BCUT2D eigenvalue weighted by molar-refractivity contribution is 7.89. The first-order chi connectivity index (χ1) is 17.3. The third-order valence-electron chi connectivity index (χ3n) is 6.37. The minimum atomic E-state index is -3.62. The Morgan fingerprint density at radius 2 is 1.67 bits per heavy atom. The zero-order valence-corrected chi connectivity index (χ0v) is 21.8. The van der Waals surface area contributed by atoms with Gasteiger partial charge in [0, 0.05) is 38.9 Å². The van der Waals surface area contributed by atoms with Gasteiger partial charge in [0.05, 0.1) is 12.0 Å². The first-order valence-electron chi connectivity index (χ1n) is 12.0. The number of aryl methyl sites for hydroxylation is 1. The summed E-state index contributed by atoms with van der Waals surface area (Å²) in [7, 11) is -0.480. The van der Waals surface area contributed by atoms with Gasteiger partial charge in [-0.2, -0.15) is 4.31 Å². The van der Waals surface area contributed by atoms with Gasteiger partial charge in [0.15, 0.2) is 0 Å². The first kappa shape index (κ1) is 27.6. The van der Waals surface area contributed by atoms with Crippen molar-refractivity contribution < 1.29 is 27.5 Å². The van der Waals surface area contributed by atoms with Crippen LogP contribution < -0.4 is 15.4 Å². The molecule has 0 aliphatic carbocycles. The summed E-state index contributed by atoms with van der Waals surface area (Å²) in [6.45, 7) is 3.38. The van der Waals surface area contributed by atoms with Crippen molar-refractivity contribution in [2.45, 2.75) is 37.1 Å². The van der Waals surface area contributed by atoms with Gasteiger partial charge < -0.3 is 20.1 Å². The van der Waals surface area contributed by atoms with Crippen molar-refractivity contribution in [3.63, 3.8) is 0 Å². The van der Waals surface area contributed by atoms with Crippen molar-refractivity contribution in [3.8, 4) is 5.75 Å². The number of nitrogens with one attached hydrogen (secondary N) is 2. The summed E-state index contributed by atoms with van der Waals surface area (Å²) in [4.78, 5) is 26.3. The molecule has 1 fully saturated rings. The maximum Gasteiger partial charge on any atom is 0.251 e. The van der Waals surface area contributed by atoms with Gasteiger partial charge in [0.2, 0.25) is 15.9 Å². The summed E-state index contributed by atoms with van der Waals surface area (Å²) in [6, 6.07) is 12.6. The number of nitrogens with zero attached hydrogens (tertiary/aromatic N) is 1. The van der Waals surface area contributed by atoms with Gasteiger partial charge in [-0.15, -0.1) is 0 Å². The summed E-state index contributed by atoms with van der Waals surface area (Å²) in [5.74, 6) is -0.238. The molecule has 196 valence electrons. The number of carbonyl (C=O) groups excluding carboxylic acids is 2. The lowest BCUT2D eigenvalue weighted by atomic mass is 9.89. The van der Waals surface area contributed by atoms with Crippen molar-refractivity contribution in [3.05, 3.63) is 59.7 Å². The Morgan fingerprint density at radius 3 is 2.25 bits per heavy atom. The van der Waals surface area contributed by atoms with Crippen LogP contribution in [0.5, 0.6) is 5.75 Å². The van der Waals surface area contributed by atoms with Gasteiger partial charge >= 0.3 is 0 Å². The van der Waals surface area contributed by atoms with Crippen LogP contribution in [0.15, 0.2) is 53.4 Å². The Kier molecular flexibility index (Phi) is 9.86. The molecule has 0 bridgehead atoms. The molecule has 1 atom stereocenters. The van der Waals surface area contributed by atoms with Crippen molar-refractivity contribution in [1.29, 1.82) is 0 Å². The lowest BCUT2D eigenvalue weighted by molar-refractivity contribution is -0.124. The molecule has 1 saturated heterocycles. The molecule has 1 aliphatic rings. The van der Waals surface area contributed by atoms with Crippen LogP contribution in [0, 0.1) is 12.8 Å². The molecule has 36 heavy (non-hydrogen) atoms. The monoisotopic (exact) mass is 517 g/mol. The van der Waals surface area contributed by atoms with E-state index in [4.69, 9.17) is 9.47 Å². The molecule has 1 aliphatic heterocycles. The number of hydrogen-bond acceptors (Lipinski definition) is 6. The number of rotatable bonds is 11. The molecular formula is C26H35N3O6S. The predicted molar refractivity (Wildman–Crippen MR) is 136 cm³/mol. The number of hydrogen-bond donors (Lipinski definition) is 2. The lowest BCUT2D eigenvalue weighted by Gasteiger charge is -2.35. The van der Waals surface area contributed by atoms with Gasteiger partial charge in [0.25, 0.3) is 5.91 Å². The zero-order valence-electron chi connectivity index (χ0n) is 21.0. The molecule has 9 nitrogen and oxygen atoms in total. The maximum atomic E-state index is 13.1. The molecule has 0 unspecified atom stereocenters. The van der Waals surface area contributed by atoms with Crippen LogP contribution >= 0.6 is 0 Å². The Bertz CT molecular complexity index is 1110. The molecule has 0 aromatic heterocycles. The van der Waals surface area contributed by atoms with E-state index in [9.17, 15) is 18.0 Å². The minimum Gasteiger partial charge on any atom is -0.497 e. The number of piperidine rings is 1. The van der Waals surface area contributed by atoms with Crippen LogP contribution in [0.2, 0.25) is 0 Å². The Hall–Kier alpha value is -2.95. The molecule has 2 aromatic rings. The highest BCUT2D eigenvalue weighted by atomic mass is 32.2. The third kappa shape index (κ3) is 7.05. The van der Waals surface area contributed by atoms with Crippen LogP contribution in [0.1, 0.15) is 35.2 Å². The molecule has 3 rings (SSSR count). The zero-order chi connectivity index (χ0) is 26.1. The molecule has 2 amide bonds. The van der Waals surface area contributed by atoms with E-state index in [0.29, 0.717) is 43.7 Å². The highest BCUT2D eigenvalue weighted by Gasteiger charge is 2.36. The smallest absolute Gasteiger partial charge is 0.251 e. The summed E-state index contributed by atoms with van der Waals surface area (Å²) in [6.07, 6.45) is 1.54. The second-order valence-corrected chi connectivity index (χ2v) is 10.8. The third-order valence-corrected chi connectivity index (χ3v) is 8.29. The molecular weight excluding hydrogens is 482 g/mol. The van der Waals surface area contributed by atoms with Gasteiger partial charge in [-0.25, -0.2) is 8.42 Å². The fourth-order valence-corrected chi connectivity index (χ4v) is 5.68. The van der Waals surface area contributed by atoms with Crippen molar-refractivity contribution in [2.24, 2.45) is 5.92 Å². The highest BCUT2D eigenvalue weighted by Crippen LogP contribution is 2.26. The van der Waals surface area contributed by atoms with Crippen LogP contribution in [-0.2, 0) is 19.6 Å². The number of carbonyl (C=O) groups is 2. The summed E-state index contributed by atoms with van der Waals surface area (Å²) < 4.78 is 37.8. The van der Waals surface area contributed by atoms with Gasteiger partial charge in [-0.1, -0.05) is 17.7 Å². The Labute approximate surface area is 213 Å². The van der Waals surface area contributed by atoms with Crippen LogP contribution in [0.25, 0.3) is 0 Å². The second-order valence-electron chi connectivity index (χ2n) is 8.87. The van der Waals surface area contributed by atoms with Gasteiger partial charge in [0.1, 0.15) is 11.8 Å². The summed E-state index contributed by atoms with van der Waals surface area (Å²) in [5.41, 5.74) is 1.40. The normalized spacial score (nSPS) is 15.8. The molecule has 2 N–H and O–H groups in total. The fourth-order valence-electron chi connectivity index (χ4n) is 4.21. The molecule has 10 heteroatoms. The fraction of sp³-hybridized carbons (Fsp3) is 0.462.